The van der Waals surface area contributed by atoms with Gasteiger partial charge in [0.2, 0.25) is 5.91 Å². The van der Waals surface area contributed by atoms with E-state index in [0.717, 1.165) is 32.1 Å². The number of carboxylic acid groups (broad SMARTS) is 1. The second-order valence-electron chi connectivity index (χ2n) is 10.7. The summed E-state index contributed by atoms with van der Waals surface area (Å²) in [4.78, 5) is 36.3. The van der Waals surface area contributed by atoms with E-state index in [2.05, 4.69) is 44.0 Å². The topological polar surface area (TPSA) is 114 Å². The molecule has 0 heterocycles. The van der Waals surface area contributed by atoms with Crippen molar-refractivity contribution in [1.82, 2.24) is 10.6 Å². The Kier molecular flexibility index (Phi) is 12.9. The van der Waals surface area contributed by atoms with Gasteiger partial charge in [0.25, 0.3) is 0 Å². The van der Waals surface area contributed by atoms with Crippen LogP contribution in [0.15, 0.2) is 0 Å². The lowest BCUT2D eigenvalue weighted by molar-refractivity contribution is -0.145. The maximum absolute atomic E-state index is 12.9. The Labute approximate surface area is 217 Å². The van der Waals surface area contributed by atoms with Crippen LogP contribution in [0.2, 0.25) is 0 Å². The monoisotopic (exact) mass is 516 g/mol. The molecule has 8 nitrogen and oxygen atoms in total. The third-order valence-corrected chi connectivity index (χ3v) is 7.51. The highest BCUT2D eigenvalue weighted by molar-refractivity contribution is 7.81. The van der Waals surface area contributed by atoms with E-state index in [4.69, 9.17) is 9.47 Å². The largest absolute Gasteiger partial charge is 0.481 e. The molecule has 3 N–H and O–H groups in total. The Morgan fingerprint density at radius 1 is 1.09 bits per heavy atom. The number of rotatable bonds is 15. The predicted molar refractivity (Wildman–Crippen MR) is 140 cm³/mol. The van der Waals surface area contributed by atoms with Crippen LogP contribution >= 0.6 is 12.6 Å². The first-order chi connectivity index (χ1) is 16.3. The summed E-state index contributed by atoms with van der Waals surface area (Å²) >= 11 is 4.59. The predicted octanol–water partition coefficient (Wildman–Crippen LogP) is 5.15. The number of alkyl carbamates (subject to hydrolysis) is 1. The van der Waals surface area contributed by atoms with Gasteiger partial charge in [-0.05, 0) is 58.8 Å². The molecule has 0 aliphatic heterocycles. The van der Waals surface area contributed by atoms with Crippen molar-refractivity contribution in [1.29, 1.82) is 0 Å². The number of aliphatic carboxylic acids is 1. The highest BCUT2D eigenvalue weighted by atomic mass is 32.1. The molecule has 2 unspecified atom stereocenters. The zero-order chi connectivity index (χ0) is 26.8. The van der Waals surface area contributed by atoms with Crippen LogP contribution in [0.1, 0.15) is 99.8 Å². The number of hydrogen-bond donors (Lipinski definition) is 4. The number of carbonyl (C=O) groups is 3. The van der Waals surface area contributed by atoms with Crippen molar-refractivity contribution in [2.45, 2.75) is 122 Å². The minimum atomic E-state index is -0.982. The highest BCUT2D eigenvalue weighted by Crippen LogP contribution is 2.39. The first kappa shape index (κ1) is 31.5. The van der Waals surface area contributed by atoms with Crippen molar-refractivity contribution < 1.29 is 29.0 Å². The van der Waals surface area contributed by atoms with Gasteiger partial charge in [-0.15, -0.1) is 12.6 Å². The van der Waals surface area contributed by atoms with Gasteiger partial charge in [-0.25, -0.2) is 4.79 Å². The molecule has 0 aromatic carbocycles. The third-order valence-electron chi connectivity index (χ3n) is 7.15. The van der Waals surface area contributed by atoms with E-state index in [1.807, 2.05) is 20.8 Å². The van der Waals surface area contributed by atoms with E-state index < -0.39 is 34.6 Å². The van der Waals surface area contributed by atoms with Crippen LogP contribution in [0.3, 0.4) is 0 Å². The fraction of sp³-hybridized carbons (Fsp3) is 0.885. The zero-order valence-electron chi connectivity index (χ0n) is 22.7. The van der Waals surface area contributed by atoms with Crippen LogP contribution < -0.4 is 10.6 Å². The summed E-state index contributed by atoms with van der Waals surface area (Å²) in [6.45, 7) is 13.8. The molecular weight excluding hydrogens is 468 g/mol. The van der Waals surface area contributed by atoms with Crippen LogP contribution in [-0.2, 0) is 19.1 Å². The van der Waals surface area contributed by atoms with Crippen molar-refractivity contribution in [2.75, 3.05) is 6.61 Å². The Hall–Kier alpha value is -1.48. The molecule has 9 heteroatoms. The summed E-state index contributed by atoms with van der Waals surface area (Å²) in [6.07, 6.45) is 4.67. The second kappa shape index (κ2) is 14.3. The number of amides is 2. The molecule has 35 heavy (non-hydrogen) atoms. The minimum Gasteiger partial charge on any atom is -0.481 e. The fourth-order valence-corrected chi connectivity index (χ4v) is 5.27. The van der Waals surface area contributed by atoms with Gasteiger partial charge in [0.1, 0.15) is 11.0 Å². The van der Waals surface area contributed by atoms with Gasteiger partial charge < -0.3 is 25.2 Å². The summed E-state index contributed by atoms with van der Waals surface area (Å²) in [5.41, 5.74) is -0.620. The Bertz CT molecular complexity index is 695. The Morgan fingerprint density at radius 2 is 1.71 bits per heavy atom. The normalized spacial score (nSPS) is 22.9. The number of carbonyl (C=O) groups excluding carboxylic acids is 2. The van der Waals surface area contributed by atoms with Gasteiger partial charge in [0, 0.05) is 24.4 Å². The number of ether oxygens (including phenoxy) is 2. The molecule has 0 bridgehead atoms. The lowest BCUT2D eigenvalue weighted by Crippen LogP contribution is -2.51. The molecule has 2 amide bonds. The number of unbranched alkanes of at least 4 members (excludes halogenated alkanes) is 1. The first-order valence-electron chi connectivity index (χ1n) is 13.1. The summed E-state index contributed by atoms with van der Waals surface area (Å²) in [5.74, 6) is -2.04. The van der Waals surface area contributed by atoms with Gasteiger partial charge in [-0.1, -0.05) is 40.0 Å². The quantitative estimate of drug-likeness (QED) is 0.177. The molecule has 204 valence electrons. The van der Waals surface area contributed by atoms with E-state index in [1.165, 1.54) is 6.92 Å². The number of nitrogens with one attached hydrogen (secondary N) is 2. The maximum atomic E-state index is 12.9. The van der Waals surface area contributed by atoms with E-state index >= 15 is 0 Å². The van der Waals surface area contributed by atoms with Crippen molar-refractivity contribution in [3.63, 3.8) is 0 Å². The van der Waals surface area contributed by atoms with Gasteiger partial charge in [-0.3, -0.25) is 9.59 Å². The second-order valence-corrected chi connectivity index (χ2v) is 11.7. The third kappa shape index (κ3) is 10.6. The van der Waals surface area contributed by atoms with E-state index in [0.29, 0.717) is 25.9 Å². The first-order valence-corrected chi connectivity index (χ1v) is 13.6. The van der Waals surface area contributed by atoms with Gasteiger partial charge in [0.05, 0.1) is 12.5 Å². The summed E-state index contributed by atoms with van der Waals surface area (Å²) in [7, 11) is 0. The molecule has 0 saturated heterocycles. The lowest BCUT2D eigenvalue weighted by Gasteiger charge is -2.36. The average Bonchev–Trinajstić information content (AvgIpc) is 3.14. The molecule has 0 spiro atoms. The van der Waals surface area contributed by atoms with Crippen LogP contribution in [0.4, 0.5) is 4.79 Å². The van der Waals surface area contributed by atoms with Crippen molar-refractivity contribution in [3.8, 4) is 0 Å². The summed E-state index contributed by atoms with van der Waals surface area (Å²) in [6, 6.07) is -0.248. The zero-order valence-corrected chi connectivity index (χ0v) is 23.6. The summed E-state index contributed by atoms with van der Waals surface area (Å²) < 4.78 is 11.7. The Morgan fingerprint density at radius 3 is 2.23 bits per heavy atom. The van der Waals surface area contributed by atoms with Gasteiger partial charge >= 0.3 is 12.1 Å². The molecule has 0 aromatic heterocycles. The number of carboxylic acids is 1. The maximum Gasteiger partial charge on any atom is 0.407 e. The molecule has 5 atom stereocenters. The SMILES string of the molecule is CCCCC(C)(S)OCCC(C)(C)NC(=O)O[C@H]1C([C@H](NC(C)=O)C(CC)CC)CC[C@@H]1C(=O)O. The molecule has 1 saturated carbocycles. The fourth-order valence-electron chi connectivity index (χ4n) is 5.02. The smallest absolute Gasteiger partial charge is 0.407 e. The van der Waals surface area contributed by atoms with Crippen molar-refractivity contribution >= 4 is 30.6 Å². The van der Waals surface area contributed by atoms with Gasteiger partial charge in [-0.2, -0.15) is 0 Å². The minimum absolute atomic E-state index is 0.167. The molecule has 1 rings (SSSR count). The van der Waals surface area contributed by atoms with Crippen LogP contribution in [0, 0.1) is 17.8 Å². The van der Waals surface area contributed by atoms with Gasteiger partial charge in [0.15, 0.2) is 0 Å². The molecule has 1 aliphatic carbocycles. The van der Waals surface area contributed by atoms with Crippen molar-refractivity contribution in [3.05, 3.63) is 0 Å². The molecular formula is C26H48N2O6S. The standard InChI is InChI=1S/C26H48N2O6S/c1-8-11-14-26(7,35)33-16-15-25(5,6)28-24(32)34-22-19(12-13-20(22)23(30)31)21(27-17(4)29)18(9-2)10-3/h18-22,35H,8-16H2,1-7H3,(H,27,29)(H,28,32)(H,30,31)/t19?,20-,21+,22-,26?/m0/s1. The molecule has 0 radical (unpaired) electrons. The Balaban J connectivity index is 2.88. The number of hydrogen-bond acceptors (Lipinski definition) is 6. The molecule has 1 fully saturated rings. The van der Waals surface area contributed by atoms with Crippen LogP contribution in [0.25, 0.3) is 0 Å². The van der Waals surface area contributed by atoms with E-state index in [9.17, 15) is 19.5 Å². The highest BCUT2D eigenvalue weighted by Gasteiger charge is 2.48. The lowest BCUT2D eigenvalue weighted by atomic mass is 9.82. The molecule has 0 aromatic rings. The summed E-state index contributed by atoms with van der Waals surface area (Å²) in [5, 5.41) is 15.7. The number of thiol groups is 1. The van der Waals surface area contributed by atoms with Crippen LogP contribution in [-0.4, -0.2) is 52.3 Å². The molecule has 1 aliphatic rings. The van der Waals surface area contributed by atoms with E-state index in [1.54, 1.807) is 0 Å². The van der Waals surface area contributed by atoms with E-state index in [-0.39, 0.29) is 23.8 Å². The van der Waals surface area contributed by atoms with Crippen molar-refractivity contribution in [2.24, 2.45) is 17.8 Å². The average molecular weight is 517 g/mol. The van der Waals surface area contributed by atoms with Crippen LogP contribution in [0.5, 0.6) is 0 Å².